The van der Waals surface area contributed by atoms with Gasteiger partial charge in [-0.1, -0.05) is 39.0 Å². The van der Waals surface area contributed by atoms with E-state index in [0.717, 1.165) is 44.0 Å². The summed E-state index contributed by atoms with van der Waals surface area (Å²) in [4.78, 5) is 4.35. The number of aryl methyl sites for hydroxylation is 1. The second-order valence-electron chi connectivity index (χ2n) is 5.68. The second-order valence-corrected chi connectivity index (χ2v) is 5.68. The smallest absolute Gasteiger partial charge is 0.189 e. The Labute approximate surface area is 150 Å². The number of fused-ring (bicyclic) bond motifs is 1. The molecule has 0 fully saturated rings. The Balaban J connectivity index is 0.00000242. The van der Waals surface area contributed by atoms with E-state index in [2.05, 4.69) is 32.0 Å². The van der Waals surface area contributed by atoms with Gasteiger partial charge in [0.25, 0.3) is 0 Å². The first-order valence-electron chi connectivity index (χ1n) is 8.26. The maximum Gasteiger partial charge on any atom is 0.189 e. The molecule has 0 radical (unpaired) electrons. The minimum Gasteiger partial charge on any atom is -0.370 e. The number of aromatic nitrogens is 3. The molecular formula is C15H29IN6. The lowest BCUT2D eigenvalue weighted by molar-refractivity contribution is 0.601. The van der Waals surface area contributed by atoms with Gasteiger partial charge in [-0.15, -0.1) is 34.2 Å². The van der Waals surface area contributed by atoms with Crippen LogP contribution in [0.2, 0.25) is 0 Å². The van der Waals surface area contributed by atoms with Crippen LogP contribution in [0.3, 0.4) is 0 Å². The highest BCUT2D eigenvalue weighted by Crippen LogP contribution is 2.14. The van der Waals surface area contributed by atoms with Gasteiger partial charge in [-0.3, -0.25) is 0 Å². The van der Waals surface area contributed by atoms with Crippen LogP contribution in [0.1, 0.15) is 63.5 Å². The first-order valence-corrected chi connectivity index (χ1v) is 8.26. The van der Waals surface area contributed by atoms with E-state index >= 15 is 0 Å². The highest BCUT2D eigenvalue weighted by molar-refractivity contribution is 14.0. The van der Waals surface area contributed by atoms with Gasteiger partial charge in [-0.2, -0.15) is 0 Å². The highest BCUT2D eigenvalue weighted by Gasteiger charge is 2.16. The van der Waals surface area contributed by atoms with Crippen LogP contribution < -0.4 is 11.1 Å². The summed E-state index contributed by atoms with van der Waals surface area (Å²) in [6.07, 6.45) is 9.91. The van der Waals surface area contributed by atoms with E-state index in [1.54, 1.807) is 0 Å². The van der Waals surface area contributed by atoms with Crippen LogP contribution in [0.4, 0.5) is 0 Å². The predicted octanol–water partition coefficient (Wildman–Crippen LogP) is 2.61. The number of halogens is 1. The first kappa shape index (κ1) is 19.2. The summed E-state index contributed by atoms with van der Waals surface area (Å²) in [6, 6.07) is 0. The number of nitrogens with two attached hydrogens (primary N) is 1. The SMILES string of the molecule is CCCCCCCCNC(N)=NCc1nnc2n1CCC2.I. The molecule has 0 aliphatic carbocycles. The zero-order valence-corrected chi connectivity index (χ0v) is 15.9. The Hall–Kier alpha value is -0.860. The molecule has 7 heteroatoms. The van der Waals surface area contributed by atoms with Crippen LogP contribution in [0.25, 0.3) is 0 Å². The van der Waals surface area contributed by atoms with Crippen LogP contribution in [-0.4, -0.2) is 27.3 Å². The molecule has 1 aromatic rings. The van der Waals surface area contributed by atoms with Gasteiger partial charge in [0.15, 0.2) is 11.8 Å². The molecule has 2 heterocycles. The van der Waals surface area contributed by atoms with E-state index in [1.807, 2.05) is 0 Å². The molecule has 0 atom stereocenters. The topological polar surface area (TPSA) is 81.1 Å². The van der Waals surface area contributed by atoms with E-state index < -0.39 is 0 Å². The summed E-state index contributed by atoms with van der Waals surface area (Å²) in [5.41, 5.74) is 5.88. The molecule has 6 nitrogen and oxygen atoms in total. The molecule has 0 amide bonds. The molecule has 0 bridgehead atoms. The van der Waals surface area contributed by atoms with Crippen molar-refractivity contribution < 1.29 is 0 Å². The molecule has 0 saturated heterocycles. The Morgan fingerprint density at radius 2 is 2.00 bits per heavy atom. The molecule has 22 heavy (non-hydrogen) atoms. The second kappa shape index (κ2) is 10.8. The quantitative estimate of drug-likeness (QED) is 0.279. The van der Waals surface area contributed by atoms with Gasteiger partial charge in [0.1, 0.15) is 12.4 Å². The maximum absolute atomic E-state index is 5.88. The average molecular weight is 420 g/mol. The third-order valence-electron chi connectivity index (χ3n) is 3.91. The zero-order valence-electron chi connectivity index (χ0n) is 13.6. The van der Waals surface area contributed by atoms with Gasteiger partial charge in [-0.05, 0) is 12.8 Å². The van der Waals surface area contributed by atoms with Crippen molar-refractivity contribution in [3.8, 4) is 0 Å². The number of hydrogen-bond donors (Lipinski definition) is 2. The Morgan fingerprint density at radius 1 is 1.23 bits per heavy atom. The van der Waals surface area contributed by atoms with Crippen LogP contribution in [0.5, 0.6) is 0 Å². The van der Waals surface area contributed by atoms with Crippen LogP contribution >= 0.6 is 24.0 Å². The lowest BCUT2D eigenvalue weighted by atomic mass is 10.1. The molecule has 1 aliphatic rings. The van der Waals surface area contributed by atoms with Crippen LogP contribution in [-0.2, 0) is 19.5 Å². The molecule has 2 rings (SSSR count). The van der Waals surface area contributed by atoms with Crippen LogP contribution in [0.15, 0.2) is 4.99 Å². The van der Waals surface area contributed by atoms with Crippen molar-refractivity contribution in [2.75, 3.05) is 6.54 Å². The van der Waals surface area contributed by atoms with Gasteiger partial charge >= 0.3 is 0 Å². The number of guanidine groups is 1. The van der Waals surface area contributed by atoms with Gasteiger partial charge in [0.2, 0.25) is 0 Å². The number of hydrogen-bond acceptors (Lipinski definition) is 3. The number of rotatable bonds is 9. The van der Waals surface area contributed by atoms with Gasteiger partial charge in [0, 0.05) is 19.5 Å². The van der Waals surface area contributed by atoms with Crippen LogP contribution in [0, 0.1) is 0 Å². The van der Waals surface area contributed by atoms with Crippen molar-refractivity contribution in [3.05, 3.63) is 11.6 Å². The minimum atomic E-state index is 0. The van der Waals surface area contributed by atoms with Crippen molar-refractivity contribution in [3.63, 3.8) is 0 Å². The fourth-order valence-corrected chi connectivity index (χ4v) is 2.66. The van der Waals surface area contributed by atoms with E-state index in [4.69, 9.17) is 5.73 Å². The summed E-state index contributed by atoms with van der Waals surface area (Å²) in [5, 5.41) is 11.5. The van der Waals surface area contributed by atoms with Crippen molar-refractivity contribution >= 4 is 29.9 Å². The van der Waals surface area contributed by atoms with E-state index in [0.29, 0.717) is 12.5 Å². The lowest BCUT2D eigenvalue weighted by Gasteiger charge is -2.06. The van der Waals surface area contributed by atoms with Crippen molar-refractivity contribution in [1.29, 1.82) is 0 Å². The van der Waals surface area contributed by atoms with Crippen molar-refractivity contribution in [2.45, 2.75) is 71.4 Å². The summed E-state index contributed by atoms with van der Waals surface area (Å²) < 4.78 is 2.16. The average Bonchev–Trinajstić information content (AvgIpc) is 3.07. The highest BCUT2D eigenvalue weighted by atomic mass is 127. The molecule has 3 N–H and O–H groups in total. The fourth-order valence-electron chi connectivity index (χ4n) is 2.66. The molecule has 1 aliphatic heterocycles. The Morgan fingerprint density at radius 3 is 2.82 bits per heavy atom. The van der Waals surface area contributed by atoms with E-state index in [-0.39, 0.29) is 24.0 Å². The fraction of sp³-hybridized carbons (Fsp3) is 0.800. The molecule has 0 aromatic carbocycles. The van der Waals surface area contributed by atoms with E-state index in [9.17, 15) is 0 Å². The normalized spacial score (nSPS) is 13.8. The predicted molar refractivity (Wildman–Crippen MR) is 100 cm³/mol. The number of unbranched alkanes of at least 4 members (excludes halogenated alkanes) is 5. The summed E-state index contributed by atoms with van der Waals surface area (Å²) in [5.74, 6) is 2.52. The molecule has 126 valence electrons. The molecule has 0 spiro atoms. The molecule has 0 saturated carbocycles. The number of nitrogens with zero attached hydrogens (tertiary/aromatic N) is 4. The maximum atomic E-state index is 5.88. The largest absolute Gasteiger partial charge is 0.370 e. The molecule has 1 aromatic heterocycles. The number of nitrogens with one attached hydrogen (secondary N) is 1. The Kier molecular flexibility index (Phi) is 9.42. The van der Waals surface area contributed by atoms with Crippen molar-refractivity contribution in [1.82, 2.24) is 20.1 Å². The lowest BCUT2D eigenvalue weighted by Crippen LogP contribution is -2.32. The summed E-state index contributed by atoms with van der Waals surface area (Å²) in [6.45, 7) is 4.67. The first-order chi connectivity index (χ1) is 10.3. The molecule has 0 unspecified atom stereocenters. The third-order valence-corrected chi connectivity index (χ3v) is 3.91. The van der Waals surface area contributed by atoms with Gasteiger partial charge in [0.05, 0.1) is 0 Å². The minimum absolute atomic E-state index is 0. The standard InChI is InChI=1S/C15H28N6.HI/c1-2-3-4-5-6-7-10-17-15(16)18-12-14-20-19-13-9-8-11-21(13)14;/h2-12H2,1H3,(H3,16,17,18);1H. The summed E-state index contributed by atoms with van der Waals surface area (Å²) in [7, 11) is 0. The summed E-state index contributed by atoms with van der Waals surface area (Å²) >= 11 is 0. The van der Waals surface area contributed by atoms with Crippen molar-refractivity contribution in [2.24, 2.45) is 10.7 Å². The third kappa shape index (κ3) is 6.10. The zero-order chi connectivity index (χ0) is 14.9. The van der Waals surface area contributed by atoms with E-state index in [1.165, 1.54) is 32.1 Å². The van der Waals surface area contributed by atoms with Gasteiger partial charge in [-0.25, -0.2) is 4.99 Å². The Bertz CT molecular complexity index is 457. The monoisotopic (exact) mass is 420 g/mol. The molecular weight excluding hydrogens is 391 g/mol. The number of aliphatic imine (C=N–C) groups is 1. The van der Waals surface area contributed by atoms with Gasteiger partial charge < -0.3 is 15.6 Å².